The molecule has 1 aliphatic rings. The van der Waals surface area contributed by atoms with Gasteiger partial charge < -0.3 is 15.0 Å². The number of ketones is 1. The van der Waals surface area contributed by atoms with Crippen LogP contribution in [-0.2, 0) is 6.42 Å². The van der Waals surface area contributed by atoms with Gasteiger partial charge >= 0.3 is 0 Å². The Balaban J connectivity index is 1.66. The lowest BCUT2D eigenvalue weighted by Crippen LogP contribution is -2.43. The Hall–Kier alpha value is -2.59. The SMILES string of the molecule is COc1ccc(CC2(C(=O)c3ccc4[nH]ccc4c3)CCNCC2)cc1. The number of hydrogen-bond donors (Lipinski definition) is 2. The fourth-order valence-corrected chi connectivity index (χ4v) is 4.02. The van der Waals surface area contributed by atoms with Crippen LogP contribution < -0.4 is 10.1 Å². The number of methoxy groups -OCH3 is 1. The van der Waals surface area contributed by atoms with Gasteiger partial charge in [-0.1, -0.05) is 12.1 Å². The highest BCUT2D eigenvalue weighted by Crippen LogP contribution is 2.37. The lowest BCUT2D eigenvalue weighted by Gasteiger charge is -2.36. The van der Waals surface area contributed by atoms with Gasteiger partial charge in [-0.3, -0.25) is 4.79 Å². The Morgan fingerprint density at radius 3 is 2.58 bits per heavy atom. The van der Waals surface area contributed by atoms with Crippen molar-refractivity contribution < 1.29 is 9.53 Å². The molecule has 0 aliphatic carbocycles. The van der Waals surface area contributed by atoms with E-state index in [0.29, 0.717) is 0 Å². The molecule has 0 saturated carbocycles. The highest BCUT2D eigenvalue weighted by molar-refractivity contribution is 6.03. The minimum atomic E-state index is -0.343. The van der Waals surface area contributed by atoms with Gasteiger partial charge in [0.25, 0.3) is 0 Å². The smallest absolute Gasteiger partial charge is 0.169 e. The first-order valence-electron chi connectivity index (χ1n) is 9.16. The molecular formula is C22H24N2O2. The molecule has 0 bridgehead atoms. The molecule has 0 unspecified atom stereocenters. The molecule has 1 aliphatic heterocycles. The predicted molar refractivity (Wildman–Crippen MR) is 104 cm³/mol. The van der Waals surface area contributed by atoms with Crippen LogP contribution in [-0.4, -0.2) is 31.0 Å². The molecule has 4 heteroatoms. The monoisotopic (exact) mass is 348 g/mol. The summed E-state index contributed by atoms with van der Waals surface area (Å²) in [5, 5.41) is 4.49. The van der Waals surface area contributed by atoms with Crippen molar-refractivity contribution >= 4 is 16.7 Å². The molecule has 2 aromatic carbocycles. The van der Waals surface area contributed by atoms with Gasteiger partial charge in [0.2, 0.25) is 0 Å². The number of benzene rings is 2. The van der Waals surface area contributed by atoms with E-state index < -0.39 is 0 Å². The quantitative estimate of drug-likeness (QED) is 0.686. The molecule has 26 heavy (non-hydrogen) atoms. The average Bonchev–Trinajstić information content (AvgIpc) is 3.16. The van der Waals surface area contributed by atoms with E-state index in [9.17, 15) is 4.79 Å². The first kappa shape index (κ1) is 16.9. The largest absolute Gasteiger partial charge is 0.497 e. The van der Waals surface area contributed by atoms with E-state index in [0.717, 1.165) is 54.6 Å². The molecule has 1 saturated heterocycles. The van der Waals surface area contributed by atoms with Gasteiger partial charge in [-0.05, 0) is 74.3 Å². The van der Waals surface area contributed by atoms with Crippen molar-refractivity contribution in [2.45, 2.75) is 19.3 Å². The van der Waals surface area contributed by atoms with Crippen LogP contribution in [0.3, 0.4) is 0 Å². The van der Waals surface area contributed by atoms with E-state index in [4.69, 9.17) is 4.74 Å². The summed E-state index contributed by atoms with van der Waals surface area (Å²) in [6.07, 6.45) is 4.41. The van der Waals surface area contributed by atoms with Gasteiger partial charge in [0.15, 0.2) is 5.78 Å². The van der Waals surface area contributed by atoms with Crippen LogP contribution in [0.15, 0.2) is 54.7 Å². The van der Waals surface area contributed by atoms with Gasteiger partial charge in [0.1, 0.15) is 5.75 Å². The highest BCUT2D eigenvalue weighted by Gasteiger charge is 2.39. The van der Waals surface area contributed by atoms with Crippen LogP contribution in [0.2, 0.25) is 0 Å². The Morgan fingerprint density at radius 1 is 1.08 bits per heavy atom. The summed E-state index contributed by atoms with van der Waals surface area (Å²) < 4.78 is 5.25. The van der Waals surface area contributed by atoms with Crippen molar-refractivity contribution in [2.24, 2.45) is 5.41 Å². The number of aromatic amines is 1. The van der Waals surface area contributed by atoms with Crippen molar-refractivity contribution in [1.29, 1.82) is 0 Å². The van der Waals surface area contributed by atoms with Crippen LogP contribution in [0.4, 0.5) is 0 Å². The minimum absolute atomic E-state index is 0.262. The number of rotatable bonds is 5. The number of nitrogens with one attached hydrogen (secondary N) is 2. The fourth-order valence-electron chi connectivity index (χ4n) is 4.02. The third-order valence-corrected chi connectivity index (χ3v) is 5.56. The molecule has 0 amide bonds. The normalized spacial score (nSPS) is 16.5. The number of carbonyl (C=O) groups excluding carboxylic acids is 1. The van der Waals surface area contributed by atoms with Crippen molar-refractivity contribution in [3.63, 3.8) is 0 Å². The second-order valence-corrected chi connectivity index (χ2v) is 7.16. The topological polar surface area (TPSA) is 54.1 Å². The fraction of sp³-hybridized carbons (Fsp3) is 0.318. The van der Waals surface area contributed by atoms with E-state index in [1.807, 2.05) is 42.6 Å². The first-order valence-corrected chi connectivity index (χ1v) is 9.16. The van der Waals surface area contributed by atoms with Crippen molar-refractivity contribution in [3.8, 4) is 5.75 Å². The number of aromatic nitrogens is 1. The van der Waals surface area contributed by atoms with Gasteiger partial charge in [-0.25, -0.2) is 0 Å². The van der Waals surface area contributed by atoms with Crippen LogP contribution in [0.25, 0.3) is 10.9 Å². The molecule has 134 valence electrons. The molecule has 0 atom stereocenters. The number of ether oxygens (including phenoxy) is 1. The van der Waals surface area contributed by atoms with E-state index in [1.54, 1.807) is 7.11 Å². The van der Waals surface area contributed by atoms with Crippen molar-refractivity contribution in [2.75, 3.05) is 20.2 Å². The molecule has 3 aromatic rings. The summed E-state index contributed by atoms with van der Waals surface area (Å²) in [6.45, 7) is 1.77. The lowest BCUT2D eigenvalue weighted by molar-refractivity contribution is 0.0726. The summed E-state index contributed by atoms with van der Waals surface area (Å²) >= 11 is 0. The third kappa shape index (κ3) is 3.13. The summed E-state index contributed by atoms with van der Waals surface area (Å²) in [5.74, 6) is 1.11. The Kier molecular flexibility index (Phi) is 4.51. The summed E-state index contributed by atoms with van der Waals surface area (Å²) in [7, 11) is 1.67. The van der Waals surface area contributed by atoms with Crippen LogP contribution >= 0.6 is 0 Å². The lowest BCUT2D eigenvalue weighted by atomic mass is 9.69. The molecule has 2 N–H and O–H groups in total. The molecular weight excluding hydrogens is 324 g/mol. The number of H-pyrrole nitrogens is 1. The van der Waals surface area contributed by atoms with Gasteiger partial charge in [0.05, 0.1) is 7.11 Å². The van der Waals surface area contributed by atoms with E-state index in [-0.39, 0.29) is 11.2 Å². The Labute approximate surface area is 153 Å². The van der Waals surface area contributed by atoms with Crippen LogP contribution in [0.5, 0.6) is 5.75 Å². The standard InChI is InChI=1S/C22H24N2O2/c1-26-19-5-2-16(3-6-19)15-22(9-12-23-13-10-22)21(25)18-4-7-20-17(14-18)8-11-24-20/h2-8,11,14,23-24H,9-10,12-13,15H2,1H3. The third-order valence-electron chi connectivity index (χ3n) is 5.56. The van der Waals surface area contributed by atoms with Gasteiger partial charge in [-0.15, -0.1) is 0 Å². The summed E-state index contributed by atoms with van der Waals surface area (Å²) in [5.41, 5.74) is 2.72. The zero-order chi connectivity index (χ0) is 18.0. The first-order chi connectivity index (χ1) is 12.7. The zero-order valence-corrected chi connectivity index (χ0v) is 15.0. The summed E-state index contributed by atoms with van der Waals surface area (Å²) in [6, 6.07) is 16.1. The second-order valence-electron chi connectivity index (χ2n) is 7.16. The van der Waals surface area contributed by atoms with Gasteiger partial charge in [0, 0.05) is 28.1 Å². The van der Waals surface area contributed by atoms with Gasteiger partial charge in [-0.2, -0.15) is 0 Å². The maximum Gasteiger partial charge on any atom is 0.169 e. The molecule has 2 heterocycles. The van der Waals surface area contributed by atoms with E-state index >= 15 is 0 Å². The van der Waals surface area contributed by atoms with E-state index in [2.05, 4.69) is 22.4 Å². The maximum absolute atomic E-state index is 13.6. The number of Topliss-reactive ketones (excluding diaryl/α,β-unsaturated/α-hetero) is 1. The Bertz CT molecular complexity index is 905. The van der Waals surface area contributed by atoms with Crippen molar-refractivity contribution in [3.05, 3.63) is 65.9 Å². The second kappa shape index (κ2) is 6.96. The highest BCUT2D eigenvalue weighted by atomic mass is 16.5. The predicted octanol–water partition coefficient (Wildman–Crippen LogP) is 3.97. The Morgan fingerprint density at radius 2 is 1.85 bits per heavy atom. The molecule has 1 fully saturated rings. The van der Waals surface area contributed by atoms with Crippen molar-refractivity contribution in [1.82, 2.24) is 10.3 Å². The number of piperidine rings is 1. The van der Waals surface area contributed by atoms with Crippen LogP contribution in [0.1, 0.15) is 28.8 Å². The average molecular weight is 348 g/mol. The molecule has 1 aromatic heterocycles. The summed E-state index contributed by atoms with van der Waals surface area (Å²) in [4.78, 5) is 16.7. The molecule has 4 nitrogen and oxygen atoms in total. The van der Waals surface area contributed by atoms with Crippen LogP contribution in [0, 0.1) is 5.41 Å². The molecule has 0 spiro atoms. The number of carbonyl (C=O) groups is 1. The zero-order valence-electron chi connectivity index (χ0n) is 15.0. The minimum Gasteiger partial charge on any atom is -0.497 e. The van der Waals surface area contributed by atoms with E-state index in [1.165, 1.54) is 5.56 Å². The number of hydrogen-bond acceptors (Lipinski definition) is 3. The maximum atomic E-state index is 13.6. The molecule has 4 rings (SSSR count). The molecule has 0 radical (unpaired) electrons. The number of fused-ring (bicyclic) bond motifs is 1.